The molecule has 0 aliphatic carbocycles. The van der Waals surface area contributed by atoms with Gasteiger partial charge in [-0.15, -0.1) is 0 Å². The molecule has 0 saturated carbocycles. The number of benzene rings is 1. The van der Waals surface area contributed by atoms with Crippen molar-refractivity contribution in [3.8, 4) is 0 Å². The predicted molar refractivity (Wildman–Crippen MR) is 81.0 cm³/mol. The number of amides is 1. The third-order valence-corrected chi connectivity index (χ3v) is 4.70. The van der Waals surface area contributed by atoms with E-state index >= 15 is 0 Å². The number of carbonyl (C=O) groups is 1. The monoisotopic (exact) mass is 272 g/mol. The van der Waals surface area contributed by atoms with E-state index in [0.717, 1.165) is 25.2 Å². The third kappa shape index (κ3) is 2.59. The summed E-state index contributed by atoms with van der Waals surface area (Å²) in [6.45, 7) is 8.40. The fourth-order valence-electron chi connectivity index (χ4n) is 3.37. The Bertz CT molecular complexity index is 480. The first-order chi connectivity index (χ1) is 9.65. The molecule has 2 saturated heterocycles. The fourth-order valence-corrected chi connectivity index (χ4v) is 3.37. The van der Waals surface area contributed by atoms with E-state index in [9.17, 15) is 4.79 Å². The van der Waals surface area contributed by atoms with Crippen molar-refractivity contribution in [2.45, 2.75) is 38.6 Å². The molecule has 3 heteroatoms. The Kier molecular flexibility index (Phi) is 3.79. The highest BCUT2D eigenvalue weighted by atomic mass is 16.2. The van der Waals surface area contributed by atoms with Gasteiger partial charge in [0.25, 0.3) is 5.91 Å². The van der Waals surface area contributed by atoms with Crippen LogP contribution in [-0.4, -0.2) is 47.9 Å². The Balaban J connectivity index is 1.69. The van der Waals surface area contributed by atoms with Gasteiger partial charge in [0.05, 0.1) is 0 Å². The van der Waals surface area contributed by atoms with Crippen LogP contribution in [0, 0.1) is 0 Å². The second-order valence-corrected chi connectivity index (χ2v) is 6.36. The zero-order chi connectivity index (χ0) is 14.1. The van der Waals surface area contributed by atoms with E-state index in [4.69, 9.17) is 0 Å². The van der Waals surface area contributed by atoms with Gasteiger partial charge in [0, 0.05) is 31.2 Å². The Morgan fingerprint density at radius 2 is 1.90 bits per heavy atom. The van der Waals surface area contributed by atoms with Crippen molar-refractivity contribution in [2.24, 2.45) is 0 Å². The molecule has 2 heterocycles. The minimum Gasteiger partial charge on any atom is -0.336 e. The average molecular weight is 272 g/mol. The average Bonchev–Trinajstić information content (AvgIpc) is 2.94. The summed E-state index contributed by atoms with van der Waals surface area (Å²) in [5, 5.41) is 0. The quantitative estimate of drug-likeness (QED) is 0.826. The van der Waals surface area contributed by atoms with Crippen LogP contribution < -0.4 is 0 Å². The molecule has 1 amide bonds. The van der Waals surface area contributed by atoms with E-state index in [-0.39, 0.29) is 5.91 Å². The molecule has 1 aromatic rings. The summed E-state index contributed by atoms with van der Waals surface area (Å²) < 4.78 is 0. The Hall–Kier alpha value is -1.35. The Morgan fingerprint density at radius 1 is 1.15 bits per heavy atom. The fraction of sp³-hybridized carbons (Fsp3) is 0.588. The van der Waals surface area contributed by atoms with Gasteiger partial charge in [-0.3, -0.25) is 9.69 Å². The molecule has 20 heavy (non-hydrogen) atoms. The van der Waals surface area contributed by atoms with Crippen LogP contribution >= 0.6 is 0 Å². The maximum Gasteiger partial charge on any atom is 0.253 e. The standard InChI is InChI=1S/C17H24N2O/c1-13(2)14-5-7-15(8-6-14)17(20)19-11-10-18-9-3-4-16(18)12-19/h5-8,13,16H,3-4,9-12H2,1-2H3. The van der Waals surface area contributed by atoms with Crippen LogP contribution in [0.15, 0.2) is 24.3 Å². The van der Waals surface area contributed by atoms with Crippen LogP contribution in [0.5, 0.6) is 0 Å². The van der Waals surface area contributed by atoms with Gasteiger partial charge in [0.15, 0.2) is 0 Å². The lowest BCUT2D eigenvalue weighted by Crippen LogP contribution is -2.52. The van der Waals surface area contributed by atoms with E-state index in [1.165, 1.54) is 24.9 Å². The predicted octanol–water partition coefficient (Wildman–Crippen LogP) is 2.73. The molecular weight excluding hydrogens is 248 g/mol. The summed E-state index contributed by atoms with van der Waals surface area (Å²) in [5.41, 5.74) is 2.13. The highest BCUT2D eigenvalue weighted by molar-refractivity contribution is 5.94. The van der Waals surface area contributed by atoms with E-state index < -0.39 is 0 Å². The first-order valence-electron chi connectivity index (χ1n) is 7.78. The van der Waals surface area contributed by atoms with Crippen molar-refractivity contribution >= 4 is 5.91 Å². The molecule has 3 rings (SSSR count). The molecule has 2 aliphatic rings. The van der Waals surface area contributed by atoms with E-state index in [0.29, 0.717) is 12.0 Å². The number of hydrogen-bond donors (Lipinski definition) is 0. The normalized spacial score (nSPS) is 23.1. The second-order valence-electron chi connectivity index (χ2n) is 6.36. The topological polar surface area (TPSA) is 23.6 Å². The largest absolute Gasteiger partial charge is 0.336 e. The maximum absolute atomic E-state index is 12.6. The van der Waals surface area contributed by atoms with Crippen molar-refractivity contribution in [1.29, 1.82) is 0 Å². The summed E-state index contributed by atoms with van der Waals surface area (Å²) in [6, 6.07) is 8.74. The maximum atomic E-state index is 12.6. The molecule has 0 aromatic heterocycles. The summed E-state index contributed by atoms with van der Waals surface area (Å²) in [6.07, 6.45) is 2.53. The van der Waals surface area contributed by atoms with Gasteiger partial charge in [-0.05, 0) is 43.0 Å². The highest BCUT2D eigenvalue weighted by Gasteiger charge is 2.32. The lowest BCUT2D eigenvalue weighted by Gasteiger charge is -2.37. The van der Waals surface area contributed by atoms with Crippen molar-refractivity contribution in [3.05, 3.63) is 35.4 Å². The van der Waals surface area contributed by atoms with Gasteiger partial charge in [-0.2, -0.15) is 0 Å². The van der Waals surface area contributed by atoms with Crippen molar-refractivity contribution in [1.82, 2.24) is 9.80 Å². The molecule has 1 unspecified atom stereocenters. The Labute approximate surface area is 121 Å². The molecule has 1 atom stereocenters. The molecule has 0 bridgehead atoms. The van der Waals surface area contributed by atoms with E-state index in [1.807, 2.05) is 17.0 Å². The molecule has 0 spiro atoms. The van der Waals surface area contributed by atoms with Crippen LogP contribution in [0.25, 0.3) is 0 Å². The minimum atomic E-state index is 0.201. The molecular formula is C17H24N2O. The third-order valence-electron chi connectivity index (χ3n) is 4.70. The first kappa shape index (κ1) is 13.6. The summed E-state index contributed by atoms with van der Waals surface area (Å²) >= 11 is 0. The lowest BCUT2D eigenvalue weighted by molar-refractivity contribution is 0.0571. The van der Waals surface area contributed by atoms with Gasteiger partial charge in [-0.1, -0.05) is 26.0 Å². The van der Waals surface area contributed by atoms with Crippen LogP contribution in [0.4, 0.5) is 0 Å². The molecule has 108 valence electrons. The number of hydrogen-bond acceptors (Lipinski definition) is 2. The molecule has 2 fully saturated rings. The van der Waals surface area contributed by atoms with Gasteiger partial charge < -0.3 is 4.90 Å². The molecule has 0 N–H and O–H groups in total. The minimum absolute atomic E-state index is 0.201. The number of nitrogens with zero attached hydrogens (tertiary/aromatic N) is 2. The van der Waals surface area contributed by atoms with Gasteiger partial charge in [-0.25, -0.2) is 0 Å². The zero-order valence-electron chi connectivity index (χ0n) is 12.5. The zero-order valence-corrected chi connectivity index (χ0v) is 12.5. The van der Waals surface area contributed by atoms with Crippen LogP contribution in [0.3, 0.4) is 0 Å². The van der Waals surface area contributed by atoms with Gasteiger partial charge in [0.2, 0.25) is 0 Å². The van der Waals surface area contributed by atoms with Crippen LogP contribution in [0.2, 0.25) is 0 Å². The van der Waals surface area contributed by atoms with Gasteiger partial charge >= 0.3 is 0 Å². The number of rotatable bonds is 2. The van der Waals surface area contributed by atoms with Crippen molar-refractivity contribution in [3.63, 3.8) is 0 Å². The summed E-state index contributed by atoms with van der Waals surface area (Å²) in [7, 11) is 0. The SMILES string of the molecule is CC(C)c1ccc(C(=O)N2CCN3CCCC3C2)cc1. The number of piperazine rings is 1. The first-order valence-corrected chi connectivity index (χ1v) is 7.78. The summed E-state index contributed by atoms with van der Waals surface area (Å²) in [4.78, 5) is 17.1. The Morgan fingerprint density at radius 3 is 2.60 bits per heavy atom. The molecule has 1 aromatic carbocycles. The summed E-state index contributed by atoms with van der Waals surface area (Å²) in [5.74, 6) is 0.716. The van der Waals surface area contributed by atoms with E-state index in [1.54, 1.807) is 0 Å². The molecule has 0 radical (unpaired) electrons. The molecule has 3 nitrogen and oxygen atoms in total. The van der Waals surface area contributed by atoms with Crippen LogP contribution in [0.1, 0.15) is 48.5 Å². The van der Waals surface area contributed by atoms with E-state index in [2.05, 4.69) is 30.9 Å². The van der Waals surface area contributed by atoms with Gasteiger partial charge in [0.1, 0.15) is 0 Å². The smallest absolute Gasteiger partial charge is 0.253 e. The number of carbonyl (C=O) groups excluding carboxylic acids is 1. The lowest BCUT2D eigenvalue weighted by atomic mass is 10.0. The molecule has 2 aliphatic heterocycles. The second kappa shape index (κ2) is 5.57. The highest BCUT2D eigenvalue weighted by Crippen LogP contribution is 2.23. The van der Waals surface area contributed by atoms with Crippen molar-refractivity contribution in [2.75, 3.05) is 26.2 Å². The van der Waals surface area contributed by atoms with Crippen molar-refractivity contribution < 1.29 is 4.79 Å². The van der Waals surface area contributed by atoms with Crippen LogP contribution in [-0.2, 0) is 0 Å². The number of fused-ring (bicyclic) bond motifs is 1.